The van der Waals surface area contributed by atoms with Crippen molar-refractivity contribution in [2.24, 2.45) is 5.92 Å². The highest BCUT2D eigenvalue weighted by Crippen LogP contribution is 2.20. The Morgan fingerprint density at radius 1 is 1.24 bits per heavy atom. The van der Waals surface area contributed by atoms with Gasteiger partial charge in [-0.3, -0.25) is 0 Å². The maximum Gasteiger partial charge on any atom is 0.0740 e. The number of aliphatic hydroxyl groups excluding tert-OH is 1. The van der Waals surface area contributed by atoms with E-state index in [0.29, 0.717) is 5.92 Å². The van der Waals surface area contributed by atoms with Gasteiger partial charge in [-0.05, 0) is 31.4 Å². The molecule has 0 aliphatic heterocycles. The Morgan fingerprint density at radius 2 is 1.88 bits per heavy atom. The largest absolute Gasteiger partial charge is 0.391 e. The highest BCUT2D eigenvalue weighted by atomic mass is 16.3. The molecule has 0 saturated carbocycles. The Bertz CT molecular complexity index is 337. The lowest BCUT2D eigenvalue weighted by molar-refractivity contribution is 0.120. The van der Waals surface area contributed by atoms with E-state index in [1.54, 1.807) is 0 Å². The van der Waals surface area contributed by atoms with E-state index in [2.05, 4.69) is 56.9 Å². The van der Waals surface area contributed by atoms with Crippen LogP contribution >= 0.6 is 0 Å². The van der Waals surface area contributed by atoms with Crippen LogP contribution in [0.15, 0.2) is 24.3 Å². The molecule has 96 valence electrons. The molecule has 0 aliphatic rings. The molecular weight excluding hydrogens is 210 g/mol. The van der Waals surface area contributed by atoms with Crippen LogP contribution in [0.2, 0.25) is 0 Å². The fourth-order valence-electron chi connectivity index (χ4n) is 1.99. The maximum atomic E-state index is 10.1. The SMILES string of the molecule is CCC(C)C(O)CN(CC)c1ccccc1C. The quantitative estimate of drug-likeness (QED) is 0.818. The lowest BCUT2D eigenvalue weighted by Crippen LogP contribution is -2.36. The smallest absolute Gasteiger partial charge is 0.0740 e. The van der Waals surface area contributed by atoms with Crippen LogP contribution in [-0.2, 0) is 0 Å². The normalized spacial score (nSPS) is 14.4. The molecule has 17 heavy (non-hydrogen) atoms. The summed E-state index contributed by atoms with van der Waals surface area (Å²) in [6.07, 6.45) is 0.770. The lowest BCUT2D eigenvalue weighted by Gasteiger charge is -2.29. The van der Waals surface area contributed by atoms with Crippen molar-refractivity contribution >= 4 is 5.69 Å². The highest BCUT2D eigenvalue weighted by molar-refractivity contribution is 5.52. The van der Waals surface area contributed by atoms with Gasteiger partial charge in [-0.25, -0.2) is 0 Å². The monoisotopic (exact) mass is 235 g/mol. The molecule has 0 saturated heterocycles. The predicted molar refractivity (Wildman–Crippen MR) is 74.5 cm³/mol. The maximum absolute atomic E-state index is 10.1. The van der Waals surface area contributed by atoms with Crippen LogP contribution in [-0.4, -0.2) is 24.3 Å². The zero-order chi connectivity index (χ0) is 12.8. The molecule has 2 unspecified atom stereocenters. The minimum absolute atomic E-state index is 0.250. The van der Waals surface area contributed by atoms with Crippen molar-refractivity contribution < 1.29 is 5.11 Å². The molecular formula is C15H25NO. The summed E-state index contributed by atoms with van der Waals surface area (Å²) in [6, 6.07) is 8.36. The van der Waals surface area contributed by atoms with Crippen molar-refractivity contribution in [3.05, 3.63) is 29.8 Å². The van der Waals surface area contributed by atoms with Gasteiger partial charge in [0, 0.05) is 18.8 Å². The van der Waals surface area contributed by atoms with Crippen molar-refractivity contribution in [1.29, 1.82) is 0 Å². The van der Waals surface area contributed by atoms with Gasteiger partial charge in [-0.1, -0.05) is 38.5 Å². The van der Waals surface area contributed by atoms with Crippen LogP contribution < -0.4 is 4.90 Å². The number of anilines is 1. The fourth-order valence-corrected chi connectivity index (χ4v) is 1.99. The topological polar surface area (TPSA) is 23.5 Å². The molecule has 0 heterocycles. The molecule has 0 bridgehead atoms. The standard InChI is InChI=1S/C15H25NO/c1-5-12(3)15(17)11-16(6-2)14-10-8-7-9-13(14)4/h7-10,12,15,17H,5-6,11H2,1-4H3. The molecule has 1 N–H and O–H groups in total. The van der Waals surface area contributed by atoms with E-state index >= 15 is 0 Å². The molecule has 0 spiro atoms. The Labute approximate surface area is 105 Å². The van der Waals surface area contributed by atoms with Crippen LogP contribution in [0.25, 0.3) is 0 Å². The number of hydrogen-bond donors (Lipinski definition) is 1. The van der Waals surface area contributed by atoms with E-state index in [0.717, 1.165) is 19.5 Å². The summed E-state index contributed by atoms with van der Waals surface area (Å²) in [7, 11) is 0. The second-order valence-corrected chi connectivity index (χ2v) is 4.78. The molecule has 2 atom stereocenters. The Morgan fingerprint density at radius 3 is 2.41 bits per heavy atom. The molecule has 2 heteroatoms. The summed E-state index contributed by atoms with van der Waals surface area (Å²) in [6.45, 7) is 10.1. The van der Waals surface area contributed by atoms with Crippen molar-refractivity contribution in [2.45, 2.75) is 40.2 Å². The first-order valence-electron chi connectivity index (χ1n) is 6.58. The Kier molecular flexibility index (Phi) is 5.49. The van der Waals surface area contributed by atoms with Crippen LogP contribution in [0.4, 0.5) is 5.69 Å². The van der Waals surface area contributed by atoms with E-state index in [-0.39, 0.29) is 6.10 Å². The summed E-state index contributed by atoms with van der Waals surface area (Å²) >= 11 is 0. The van der Waals surface area contributed by atoms with E-state index < -0.39 is 0 Å². The number of para-hydroxylation sites is 1. The number of likely N-dealkylation sites (N-methyl/N-ethyl adjacent to an activating group) is 1. The van der Waals surface area contributed by atoms with Gasteiger partial charge >= 0.3 is 0 Å². The Hall–Kier alpha value is -1.02. The molecule has 0 radical (unpaired) electrons. The summed E-state index contributed by atoms with van der Waals surface area (Å²) in [5.41, 5.74) is 2.50. The average molecular weight is 235 g/mol. The lowest BCUT2D eigenvalue weighted by atomic mass is 10.0. The van der Waals surface area contributed by atoms with Gasteiger partial charge in [-0.15, -0.1) is 0 Å². The van der Waals surface area contributed by atoms with Gasteiger partial charge in [0.1, 0.15) is 0 Å². The molecule has 0 aliphatic carbocycles. The van der Waals surface area contributed by atoms with Gasteiger partial charge in [0.25, 0.3) is 0 Å². The number of aliphatic hydroxyl groups is 1. The highest BCUT2D eigenvalue weighted by Gasteiger charge is 2.16. The van der Waals surface area contributed by atoms with Crippen molar-refractivity contribution in [2.75, 3.05) is 18.0 Å². The second kappa shape index (κ2) is 6.65. The van der Waals surface area contributed by atoms with Gasteiger partial charge < -0.3 is 10.0 Å². The van der Waals surface area contributed by atoms with E-state index in [1.165, 1.54) is 11.3 Å². The zero-order valence-electron chi connectivity index (χ0n) is 11.5. The summed E-state index contributed by atoms with van der Waals surface area (Å²) in [4.78, 5) is 2.26. The van der Waals surface area contributed by atoms with Gasteiger partial charge in [0.15, 0.2) is 0 Å². The first-order chi connectivity index (χ1) is 8.10. The fraction of sp³-hybridized carbons (Fsp3) is 0.600. The minimum Gasteiger partial charge on any atom is -0.391 e. The molecule has 0 amide bonds. The third-order valence-electron chi connectivity index (χ3n) is 3.55. The van der Waals surface area contributed by atoms with Gasteiger partial charge in [0.05, 0.1) is 6.10 Å². The summed E-state index contributed by atoms with van der Waals surface area (Å²) in [5.74, 6) is 0.355. The minimum atomic E-state index is -0.250. The zero-order valence-corrected chi connectivity index (χ0v) is 11.5. The van der Waals surface area contributed by atoms with Gasteiger partial charge in [0.2, 0.25) is 0 Å². The van der Waals surface area contributed by atoms with E-state index in [1.807, 2.05) is 0 Å². The van der Waals surface area contributed by atoms with E-state index in [9.17, 15) is 5.11 Å². The second-order valence-electron chi connectivity index (χ2n) is 4.78. The molecule has 1 aromatic rings. The van der Waals surface area contributed by atoms with Crippen LogP contribution in [0.5, 0.6) is 0 Å². The van der Waals surface area contributed by atoms with Crippen molar-refractivity contribution in [3.63, 3.8) is 0 Å². The first kappa shape index (κ1) is 14.0. The number of benzene rings is 1. The average Bonchev–Trinajstić information content (AvgIpc) is 2.35. The third kappa shape index (κ3) is 3.74. The third-order valence-corrected chi connectivity index (χ3v) is 3.55. The molecule has 2 nitrogen and oxygen atoms in total. The van der Waals surface area contributed by atoms with E-state index in [4.69, 9.17) is 0 Å². The van der Waals surface area contributed by atoms with Crippen LogP contribution in [0, 0.1) is 12.8 Å². The molecule has 1 rings (SSSR count). The van der Waals surface area contributed by atoms with Crippen molar-refractivity contribution in [1.82, 2.24) is 0 Å². The molecule has 0 aromatic heterocycles. The Balaban J connectivity index is 2.76. The van der Waals surface area contributed by atoms with Gasteiger partial charge in [-0.2, -0.15) is 0 Å². The number of hydrogen-bond acceptors (Lipinski definition) is 2. The molecule has 1 aromatic carbocycles. The van der Waals surface area contributed by atoms with Crippen LogP contribution in [0.3, 0.4) is 0 Å². The summed E-state index contributed by atoms with van der Waals surface area (Å²) < 4.78 is 0. The molecule has 0 fully saturated rings. The van der Waals surface area contributed by atoms with Crippen molar-refractivity contribution in [3.8, 4) is 0 Å². The van der Waals surface area contributed by atoms with Crippen LogP contribution in [0.1, 0.15) is 32.8 Å². The number of aryl methyl sites for hydroxylation is 1. The summed E-state index contributed by atoms with van der Waals surface area (Å²) in [5, 5.41) is 10.1. The first-order valence-corrected chi connectivity index (χ1v) is 6.58. The number of nitrogens with zero attached hydrogens (tertiary/aromatic N) is 1. The number of rotatable bonds is 6. The predicted octanol–water partition coefficient (Wildman–Crippen LogP) is 3.23.